The van der Waals surface area contributed by atoms with E-state index in [9.17, 15) is 0 Å². The molecule has 0 saturated carbocycles. The van der Waals surface area contributed by atoms with E-state index in [2.05, 4.69) is 39.8 Å². The normalized spacial score (nSPS) is 11.8. The fourth-order valence-corrected chi connectivity index (χ4v) is 13.9. The van der Waals surface area contributed by atoms with Crippen molar-refractivity contribution in [3.8, 4) is 0 Å². The van der Waals surface area contributed by atoms with Gasteiger partial charge in [-0.05, 0) is 73.6 Å². The van der Waals surface area contributed by atoms with E-state index in [4.69, 9.17) is 0 Å². The van der Waals surface area contributed by atoms with E-state index in [1.807, 2.05) is 5.56 Å². The van der Waals surface area contributed by atoms with Crippen molar-refractivity contribution >= 4 is 0 Å². The summed E-state index contributed by atoms with van der Waals surface area (Å²) in [6.45, 7) is 9.36. The number of benzene rings is 1. The van der Waals surface area contributed by atoms with Crippen LogP contribution in [-0.4, -0.2) is 0 Å². The minimum absolute atomic E-state index is 1.29. The molecule has 0 fully saturated rings. The van der Waals surface area contributed by atoms with E-state index in [0.29, 0.717) is 0 Å². The average Bonchev–Trinajstić information content (AvgIpc) is 3.52. The molecule has 0 nitrogen and oxygen atoms in total. The predicted octanol–water partition coefficient (Wildman–Crippen LogP) is 30.5. The van der Waals surface area contributed by atoms with Gasteiger partial charge in [0.05, 0.1) is 0 Å². The van der Waals surface area contributed by atoms with E-state index < -0.39 is 0 Å². The Bertz CT molecular complexity index is 1240. The Morgan fingerprint density at radius 3 is 0.463 bits per heavy atom. The number of aryl methyl sites for hydroxylation is 3. The topological polar surface area (TPSA) is 0 Å². The van der Waals surface area contributed by atoms with Gasteiger partial charge in [-0.3, -0.25) is 0 Å². The molecule has 0 unspecified atom stereocenters. The van der Waals surface area contributed by atoms with Crippen molar-refractivity contribution < 1.29 is 0 Å². The lowest BCUT2D eigenvalue weighted by Gasteiger charge is -2.18. The van der Waals surface area contributed by atoms with Crippen LogP contribution in [-0.2, 0) is 25.7 Å². The summed E-state index contributed by atoms with van der Waals surface area (Å²) in [5.41, 5.74) is 7.04. The third-order valence-corrected chi connectivity index (χ3v) is 19.7. The maximum atomic E-state index is 2.72. The summed E-state index contributed by atoms with van der Waals surface area (Å²) < 4.78 is 0. The first kappa shape index (κ1) is 79.2. The fraction of sp³-hybridized carbons (Fsp3) is 0.927. The highest BCUT2D eigenvalue weighted by molar-refractivity contribution is 5.40. The second kappa shape index (κ2) is 69.3. The van der Waals surface area contributed by atoms with Crippen LogP contribution in [0.1, 0.15) is 487 Å². The van der Waals surface area contributed by atoms with E-state index in [1.54, 1.807) is 16.7 Å². The van der Waals surface area contributed by atoms with Crippen molar-refractivity contribution in [2.75, 3.05) is 0 Å². The lowest BCUT2D eigenvalue weighted by molar-refractivity contribution is 0.518. The molecule has 0 saturated heterocycles. The van der Waals surface area contributed by atoms with Crippen LogP contribution in [0.2, 0.25) is 0 Å². The standard InChI is InChI=1S/C82H158/c1-5-9-13-16-19-22-25-28-31-34-37-40-43-46-49-52-55-58-61-64-67-70-74-80-77-79(73-12-8-4)78-81(75-71-68-65-62-59-56-53-50-47-44-41-38-35-32-29-26-23-20-17-14-10-6-2)82(80)76-72-69-66-63-60-57-54-51-48-45-42-39-36-33-30-27-24-21-18-15-11-7-3/h77-78H,5-76H2,1-4H3. The zero-order valence-corrected chi connectivity index (χ0v) is 58.1. The average molecular weight is 1140 g/mol. The van der Waals surface area contributed by atoms with Crippen molar-refractivity contribution in [2.45, 2.75) is 490 Å². The van der Waals surface area contributed by atoms with Crippen LogP contribution in [0.5, 0.6) is 0 Å². The zero-order chi connectivity index (χ0) is 58.6. The SMILES string of the molecule is CCCCCCCCCCCCCCCCCCCCCCCCc1cc(CCCC)cc(CCCCCCCCCCCCCCCCCCCCCCCC)c1CCCCCCCCCCCCCCCCCCCCCCCC. The molecule has 0 aliphatic heterocycles. The van der Waals surface area contributed by atoms with Crippen molar-refractivity contribution in [1.82, 2.24) is 0 Å². The van der Waals surface area contributed by atoms with Gasteiger partial charge in [-0.2, -0.15) is 0 Å². The summed E-state index contributed by atoms with van der Waals surface area (Å²) >= 11 is 0. The molecule has 0 aliphatic carbocycles. The third kappa shape index (κ3) is 58.2. The molecule has 0 heteroatoms. The van der Waals surface area contributed by atoms with Crippen LogP contribution in [0.3, 0.4) is 0 Å². The monoisotopic (exact) mass is 1140 g/mol. The van der Waals surface area contributed by atoms with Gasteiger partial charge in [0, 0.05) is 0 Å². The first-order valence-electron chi connectivity index (χ1n) is 39.9. The molecular formula is C82H158. The summed E-state index contributed by atoms with van der Waals surface area (Å²) in [6, 6.07) is 5.45. The molecule has 1 rings (SSSR count). The van der Waals surface area contributed by atoms with E-state index in [0.717, 1.165) is 0 Å². The van der Waals surface area contributed by atoms with Gasteiger partial charge in [-0.15, -0.1) is 0 Å². The molecular weight excluding hydrogens is 985 g/mol. The molecule has 0 amide bonds. The molecule has 82 heavy (non-hydrogen) atoms. The van der Waals surface area contributed by atoms with Gasteiger partial charge in [0.1, 0.15) is 0 Å². The molecule has 0 spiro atoms. The molecule has 486 valence electrons. The Morgan fingerprint density at radius 2 is 0.293 bits per heavy atom. The number of unbranched alkanes of at least 4 members (excludes halogenated alkanes) is 64. The second-order valence-electron chi connectivity index (χ2n) is 28.0. The van der Waals surface area contributed by atoms with Crippen LogP contribution >= 0.6 is 0 Å². The van der Waals surface area contributed by atoms with E-state index in [-0.39, 0.29) is 0 Å². The molecule has 1 aromatic rings. The lowest BCUT2D eigenvalue weighted by Crippen LogP contribution is -2.05. The van der Waals surface area contributed by atoms with Crippen molar-refractivity contribution in [1.29, 1.82) is 0 Å². The highest BCUT2D eigenvalue weighted by atomic mass is 14.2. The Kier molecular flexibility index (Phi) is 67.0. The maximum Gasteiger partial charge on any atom is -0.0273 e. The molecule has 0 aromatic heterocycles. The van der Waals surface area contributed by atoms with E-state index >= 15 is 0 Å². The lowest BCUT2D eigenvalue weighted by atomic mass is 9.87. The zero-order valence-electron chi connectivity index (χ0n) is 58.1. The molecule has 0 bridgehead atoms. The summed E-state index contributed by atoms with van der Waals surface area (Å²) in [7, 11) is 0. The molecule has 0 radical (unpaired) electrons. The number of hydrogen-bond donors (Lipinski definition) is 0. The summed E-state index contributed by atoms with van der Waals surface area (Å²) in [5.74, 6) is 0. The van der Waals surface area contributed by atoms with Gasteiger partial charge >= 0.3 is 0 Å². The van der Waals surface area contributed by atoms with Gasteiger partial charge in [-0.25, -0.2) is 0 Å². The summed E-state index contributed by atoms with van der Waals surface area (Å²) in [4.78, 5) is 0. The van der Waals surface area contributed by atoms with Gasteiger partial charge in [-0.1, -0.05) is 451 Å². The van der Waals surface area contributed by atoms with Crippen molar-refractivity contribution in [2.24, 2.45) is 0 Å². The van der Waals surface area contributed by atoms with E-state index in [1.165, 1.54) is 462 Å². The van der Waals surface area contributed by atoms with Crippen LogP contribution in [0.15, 0.2) is 12.1 Å². The minimum atomic E-state index is 1.29. The Morgan fingerprint density at radius 1 is 0.146 bits per heavy atom. The second-order valence-corrected chi connectivity index (χ2v) is 28.0. The molecule has 0 atom stereocenters. The predicted molar refractivity (Wildman–Crippen MR) is 378 cm³/mol. The van der Waals surface area contributed by atoms with Crippen LogP contribution < -0.4 is 0 Å². The number of rotatable bonds is 72. The number of hydrogen-bond acceptors (Lipinski definition) is 0. The molecule has 0 heterocycles. The molecule has 1 aromatic carbocycles. The minimum Gasteiger partial charge on any atom is -0.0654 e. The largest absolute Gasteiger partial charge is 0.0654 e. The van der Waals surface area contributed by atoms with Crippen LogP contribution in [0, 0.1) is 0 Å². The Balaban J connectivity index is 2.42. The van der Waals surface area contributed by atoms with Crippen LogP contribution in [0.25, 0.3) is 0 Å². The summed E-state index contributed by atoms with van der Waals surface area (Å²) in [6.07, 6.45) is 105. The van der Waals surface area contributed by atoms with Crippen molar-refractivity contribution in [3.63, 3.8) is 0 Å². The van der Waals surface area contributed by atoms with Gasteiger partial charge in [0.25, 0.3) is 0 Å². The first-order chi connectivity index (χ1) is 40.8. The highest BCUT2D eigenvalue weighted by Crippen LogP contribution is 2.28. The maximum absolute atomic E-state index is 2.72. The Labute approximate surface area is 521 Å². The quantitative estimate of drug-likeness (QED) is 0.0570. The first-order valence-corrected chi connectivity index (χ1v) is 39.9. The van der Waals surface area contributed by atoms with Crippen molar-refractivity contribution in [3.05, 3.63) is 34.4 Å². The smallest absolute Gasteiger partial charge is 0.0273 e. The summed E-state index contributed by atoms with van der Waals surface area (Å²) in [5, 5.41) is 0. The van der Waals surface area contributed by atoms with Crippen LogP contribution in [0.4, 0.5) is 0 Å². The van der Waals surface area contributed by atoms with Gasteiger partial charge in [0.2, 0.25) is 0 Å². The third-order valence-electron chi connectivity index (χ3n) is 19.7. The molecule has 0 aliphatic rings. The highest BCUT2D eigenvalue weighted by Gasteiger charge is 2.13. The molecule has 0 N–H and O–H groups in total. The van der Waals surface area contributed by atoms with Gasteiger partial charge in [0.15, 0.2) is 0 Å². The Hall–Kier alpha value is -0.780. The van der Waals surface area contributed by atoms with Gasteiger partial charge < -0.3 is 0 Å². The fourth-order valence-electron chi connectivity index (χ4n) is 13.9.